The highest BCUT2D eigenvalue weighted by molar-refractivity contribution is 6.34. The molecule has 3 amide bonds. The zero-order valence-corrected chi connectivity index (χ0v) is 12.6. The number of carbonyl (C=O) groups excluding carboxylic acids is 2. The average molecular weight is 320 g/mol. The molecule has 0 spiro atoms. The molecule has 0 atom stereocenters. The lowest BCUT2D eigenvalue weighted by Gasteiger charge is -2.15. The fourth-order valence-corrected chi connectivity index (χ4v) is 2.54. The van der Waals surface area contributed by atoms with E-state index in [4.69, 9.17) is 11.6 Å². The van der Waals surface area contributed by atoms with Crippen molar-refractivity contribution in [3.8, 4) is 0 Å². The number of benzene rings is 1. The van der Waals surface area contributed by atoms with Crippen molar-refractivity contribution in [3.63, 3.8) is 0 Å². The number of nitrogens with one attached hydrogen (secondary N) is 2. The first-order chi connectivity index (χ1) is 10.6. The van der Waals surface area contributed by atoms with E-state index in [0.717, 1.165) is 0 Å². The van der Waals surface area contributed by atoms with E-state index in [0.29, 0.717) is 35.3 Å². The predicted molar refractivity (Wildman–Crippen MR) is 83.4 cm³/mol. The summed E-state index contributed by atoms with van der Waals surface area (Å²) in [5, 5.41) is 9.69. The molecule has 2 N–H and O–H groups in total. The number of hydrogen-bond donors (Lipinski definition) is 2. The average Bonchev–Trinajstić information content (AvgIpc) is 3.06. The number of fused-ring (bicyclic) bond motifs is 1. The Labute approximate surface area is 131 Å². The molecule has 1 aromatic carbocycles. The van der Waals surface area contributed by atoms with E-state index in [9.17, 15) is 9.59 Å². The maximum Gasteiger partial charge on any atom is 0.320 e. The summed E-state index contributed by atoms with van der Waals surface area (Å²) in [6.07, 6.45) is 0. The molecule has 2 heterocycles. The molecule has 114 valence electrons. The molecule has 7 nitrogen and oxygen atoms in total. The highest BCUT2D eigenvalue weighted by Gasteiger charge is 2.28. The minimum atomic E-state index is -0.360. The van der Waals surface area contributed by atoms with Crippen LogP contribution >= 0.6 is 11.6 Å². The van der Waals surface area contributed by atoms with Gasteiger partial charge in [0.15, 0.2) is 5.82 Å². The third-order valence-electron chi connectivity index (χ3n) is 3.39. The van der Waals surface area contributed by atoms with E-state index >= 15 is 0 Å². The van der Waals surface area contributed by atoms with Crippen molar-refractivity contribution >= 4 is 35.2 Å². The van der Waals surface area contributed by atoms with Gasteiger partial charge in [0.2, 0.25) is 0 Å². The minimum Gasteiger partial charge on any atom is -0.341 e. The molecule has 22 heavy (non-hydrogen) atoms. The molecule has 2 aromatic rings. The van der Waals surface area contributed by atoms with E-state index in [1.54, 1.807) is 39.9 Å². The lowest BCUT2D eigenvalue weighted by atomic mass is 10.2. The number of hydrogen-bond acceptors (Lipinski definition) is 3. The lowest BCUT2D eigenvalue weighted by molar-refractivity contribution is 0.0989. The van der Waals surface area contributed by atoms with Crippen LogP contribution in [0.5, 0.6) is 0 Å². The van der Waals surface area contributed by atoms with Gasteiger partial charge < -0.3 is 5.32 Å². The van der Waals surface area contributed by atoms with Crippen LogP contribution in [0.3, 0.4) is 0 Å². The van der Waals surface area contributed by atoms with Crippen molar-refractivity contribution in [2.45, 2.75) is 6.54 Å². The molecule has 1 aromatic heterocycles. The highest BCUT2D eigenvalue weighted by Crippen LogP contribution is 2.28. The fourth-order valence-electron chi connectivity index (χ4n) is 2.32. The molecule has 0 fully saturated rings. The molecule has 0 aliphatic carbocycles. The first-order valence-electron chi connectivity index (χ1n) is 6.73. The van der Waals surface area contributed by atoms with Gasteiger partial charge in [-0.15, -0.1) is 0 Å². The van der Waals surface area contributed by atoms with Crippen LogP contribution in [0.25, 0.3) is 0 Å². The normalized spacial score (nSPS) is 12.9. The van der Waals surface area contributed by atoms with Gasteiger partial charge in [0, 0.05) is 19.7 Å². The maximum absolute atomic E-state index is 12.6. The molecule has 8 heteroatoms. The third kappa shape index (κ3) is 2.50. The van der Waals surface area contributed by atoms with Crippen LogP contribution in [0.15, 0.2) is 30.3 Å². The first-order valence-corrected chi connectivity index (χ1v) is 7.11. The summed E-state index contributed by atoms with van der Waals surface area (Å²) >= 11 is 6.08. The van der Waals surface area contributed by atoms with Gasteiger partial charge in [-0.3, -0.25) is 15.0 Å². The molecule has 0 saturated carbocycles. The summed E-state index contributed by atoms with van der Waals surface area (Å²) in [4.78, 5) is 25.5. The van der Waals surface area contributed by atoms with Crippen molar-refractivity contribution < 1.29 is 9.59 Å². The van der Waals surface area contributed by atoms with Gasteiger partial charge in [-0.25, -0.2) is 9.48 Å². The van der Waals surface area contributed by atoms with E-state index in [1.165, 1.54) is 7.05 Å². The smallest absolute Gasteiger partial charge is 0.320 e. The number of urea groups is 1. The standard InChI is InChI=1S/C14H14ClN5O2/c1-16-14(22)17-11-8-12-19(6-7-20(12)18-11)13(21)9-4-2-3-5-10(9)15/h2-5,8H,6-7H2,1H3,(H2,16,17,18,22). The number of nitrogens with zero attached hydrogens (tertiary/aromatic N) is 3. The van der Waals surface area contributed by atoms with Crippen LogP contribution in [0.2, 0.25) is 5.02 Å². The summed E-state index contributed by atoms with van der Waals surface area (Å²) in [5.41, 5.74) is 0.444. The number of rotatable bonds is 2. The molecule has 0 unspecified atom stereocenters. The van der Waals surface area contributed by atoms with E-state index in [2.05, 4.69) is 15.7 Å². The Hall–Kier alpha value is -2.54. The summed E-state index contributed by atoms with van der Waals surface area (Å²) in [7, 11) is 1.52. The Morgan fingerprint density at radius 3 is 2.77 bits per heavy atom. The Balaban J connectivity index is 1.86. The van der Waals surface area contributed by atoms with Gasteiger partial charge in [-0.1, -0.05) is 23.7 Å². The topological polar surface area (TPSA) is 79.3 Å². The molecule has 0 saturated heterocycles. The molecule has 0 radical (unpaired) electrons. The maximum atomic E-state index is 12.6. The van der Waals surface area contributed by atoms with Crippen LogP contribution in [0.1, 0.15) is 10.4 Å². The van der Waals surface area contributed by atoms with Gasteiger partial charge in [0.1, 0.15) is 5.82 Å². The quantitative estimate of drug-likeness (QED) is 0.888. The SMILES string of the molecule is CNC(=O)Nc1cc2n(n1)CCN2C(=O)c1ccccc1Cl. The Morgan fingerprint density at radius 2 is 2.05 bits per heavy atom. The summed E-state index contributed by atoms with van der Waals surface area (Å²) < 4.78 is 1.68. The number of halogens is 1. The second kappa shape index (κ2) is 5.69. The predicted octanol–water partition coefficient (Wildman–Crippen LogP) is 1.95. The van der Waals surface area contributed by atoms with E-state index in [-0.39, 0.29) is 11.9 Å². The fraction of sp³-hybridized carbons (Fsp3) is 0.214. The Kier molecular flexibility index (Phi) is 3.72. The van der Waals surface area contributed by atoms with Gasteiger partial charge in [0.25, 0.3) is 5.91 Å². The number of anilines is 2. The summed E-state index contributed by atoms with van der Waals surface area (Å²) in [6, 6.07) is 8.22. The van der Waals surface area contributed by atoms with Crippen LogP contribution in [0, 0.1) is 0 Å². The highest BCUT2D eigenvalue weighted by atomic mass is 35.5. The largest absolute Gasteiger partial charge is 0.341 e. The molecular formula is C14H14ClN5O2. The van der Waals surface area contributed by atoms with Crippen molar-refractivity contribution in [2.75, 3.05) is 23.8 Å². The molecule has 0 bridgehead atoms. The van der Waals surface area contributed by atoms with Crippen molar-refractivity contribution in [1.82, 2.24) is 15.1 Å². The van der Waals surface area contributed by atoms with Crippen LogP contribution in [-0.4, -0.2) is 35.3 Å². The van der Waals surface area contributed by atoms with Gasteiger partial charge in [-0.2, -0.15) is 5.10 Å². The Bertz CT molecular complexity index is 743. The van der Waals surface area contributed by atoms with E-state index < -0.39 is 0 Å². The zero-order valence-electron chi connectivity index (χ0n) is 11.8. The first kappa shape index (κ1) is 14.4. The van der Waals surface area contributed by atoms with Crippen LogP contribution < -0.4 is 15.5 Å². The van der Waals surface area contributed by atoms with Crippen molar-refractivity contribution in [1.29, 1.82) is 0 Å². The van der Waals surface area contributed by atoms with Crippen LogP contribution in [-0.2, 0) is 6.54 Å². The number of carbonyl (C=O) groups is 2. The van der Waals surface area contributed by atoms with E-state index in [1.807, 2.05) is 0 Å². The zero-order chi connectivity index (χ0) is 15.7. The third-order valence-corrected chi connectivity index (χ3v) is 3.72. The second-order valence-corrected chi connectivity index (χ2v) is 5.16. The second-order valence-electron chi connectivity index (χ2n) is 4.75. The number of amides is 3. The summed E-state index contributed by atoms with van der Waals surface area (Å²) in [5.74, 6) is 0.845. The van der Waals surface area contributed by atoms with Gasteiger partial charge in [0.05, 0.1) is 17.1 Å². The Morgan fingerprint density at radius 1 is 1.27 bits per heavy atom. The van der Waals surface area contributed by atoms with Crippen LogP contribution in [0.4, 0.5) is 16.4 Å². The molecule has 3 rings (SSSR count). The van der Waals surface area contributed by atoms with Gasteiger partial charge >= 0.3 is 6.03 Å². The lowest BCUT2D eigenvalue weighted by Crippen LogP contribution is -2.29. The minimum absolute atomic E-state index is 0.184. The van der Waals surface area contributed by atoms with Crippen molar-refractivity contribution in [2.24, 2.45) is 0 Å². The molecular weight excluding hydrogens is 306 g/mol. The molecule has 1 aliphatic rings. The monoisotopic (exact) mass is 319 g/mol. The van der Waals surface area contributed by atoms with Crippen molar-refractivity contribution in [3.05, 3.63) is 40.9 Å². The number of aromatic nitrogens is 2. The summed E-state index contributed by atoms with van der Waals surface area (Å²) in [6.45, 7) is 1.09. The molecule has 1 aliphatic heterocycles. The van der Waals surface area contributed by atoms with Gasteiger partial charge in [-0.05, 0) is 12.1 Å².